The zero-order valence-electron chi connectivity index (χ0n) is 19.2. The molecule has 0 radical (unpaired) electrons. The lowest BCUT2D eigenvalue weighted by molar-refractivity contribution is 0.0650. The van der Waals surface area contributed by atoms with Gasteiger partial charge in [0.25, 0.3) is 11.8 Å². The number of carbonyl (C=O) groups is 2. The van der Waals surface area contributed by atoms with Crippen LogP contribution in [0.1, 0.15) is 33.6 Å². The molecule has 4 rings (SSSR count). The second-order valence-electron chi connectivity index (χ2n) is 8.59. The number of methoxy groups -OCH3 is 1. The number of piperazine rings is 1. The largest absolute Gasteiger partial charge is 0.495 e. The van der Waals surface area contributed by atoms with E-state index in [1.54, 1.807) is 13.2 Å². The van der Waals surface area contributed by atoms with Gasteiger partial charge in [-0.05, 0) is 49.7 Å². The first-order valence-electron chi connectivity index (χ1n) is 11.3. The van der Waals surface area contributed by atoms with E-state index in [-0.39, 0.29) is 11.8 Å². The van der Waals surface area contributed by atoms with Crippen LogP contribution in [0.2, 0.25) is 0 Å². The van der Waals surface area contributed by atoms with Gasteiger partial charge in [0.05, 0.1) is 23.9 Å². The predicted octanol–water partition coefficient (Wildman–Crippen LogP) is 2.96. The maximum atomic E-state index is 12.8. The Balaban J connectivity index is 1.23. The number of para-hydroxylation sites is 2. The Morgan fingerprint density at radius 3 is 2.28 bits per heavy atom. The molecule has 2 amide bonds. The molecule has 0 bridgehead atoms. The van der Waals surface area contributed by atoms with Crippen LogP contribution in [0.25, 0.3) is 0 Å². The number of imide groups is 1. The predicted molar refractivity (Wildman–Crippen MR) is 127 cm³/mol. The van der Waals surface area contributed by atoms with E-state index >= 15 is 0 Å². The second kappa shape index (κ2) is 9.61. The van der Waals surface area contributed by atoms with Gasteiger partial charge in [-0.2, -0.15) is 0 Å². The van der Waals surface area contributed by atoms with Gasteiger partial charge in [-0.1, -0.05) is 12.1 Å². The van der Waals surface area contributed by atoms with Crippen LogP contribution in [-0.4, -0.2) is 82.1 Å². The molecule has 7 nitrogen and oxygen atoms in total. The smallest absolute Gasteiger partial charge is 0.261 e. The summed E-state index contributed by atoms with van der Waals surface area (Å²) in [5.74, 6) is 0.583. The summed E-state index contributed by atoms with van der Waals surface area (Å²) in [5, 5.41) is 0. The first kappa shape index (κ1) is 22.1. The van der Waals surface area contributed by atoms with Crippen LogP contribution in [0.15, 0.2) is 42.5 Å². The van der Waals surface area contributed by atoms with Crippen LogP contribution in [-0.2, 0) is 0 Å². The number of hydrogen-bond donors (Lipinski definition) is 0. The fourth-order valence-corrected chi connectivity index (χ4v) is 4.47. The SMILES string of the molecule is COc1ccccc1N1CCN(CCCCN2C(=O)c3ccc(N(C)C)cc3C2=O)CC1. The van der Waals surface area contributed by atoms with Gasteiger partial charge in [-0.25, -0.2) is 0 Å². The molecule has 0 unspecified atom stereocenters. The Kier molecular flexibility index (Phi) is 6.65. The van der Waals surface area contributed by atoms with E-state index in [0.29, 0.717) is 17.7 Å². The second-order valence-corrected chi connectivity index (χ2v) is 8.59. The summed E-state index contributed by atoms with van der Waals surface area (Å²) in [5.41, 5.74) is 3.12. The first-order valence-corrected chi connectivity index (χ1v) is 11.3. The van der Waals surface area contributed by atoms with Crippen LogP contribution in [0.4, 0.5) is 11.4 Å². The summed E-state index contributed by atoms with van der Waals surface area (Å²) in [6.45, 7) is 5.38. The first-order chi connectivity index (χ1) is 15.5. The van der Waals surface area contributed by atoms with Crippen molar-refractivity contribution in [1.82, 2.24) is 9.80 Å². The molecule has 1 saturated heterocycles. The number of benzene rings is 2. The van der Waals surface area contributed by atoms with Crippen LogP contribution >= 0.6 is 0 Å². The minimum absolute atomic E-state index is 0.166. The number of unbranched alkanes of at least 4 members (excludes halogenated alkanes) is 1. The highest BCUT2D eigenvalue weighted by atomic mass is 16.5. The van der Waals surface area contributed by atoms with E-state index in [2.05, 4.69) is 15.9 Å². The van der Waals surface area contributed by atoms with Gasteiger partial charge >= 0.3 is 0 Å². The molecule has 0 atom stereocenters. The monoisotopic (exact) mass is 436 g/mol. The highest BCUT2D eigenvalue weighted by Gasteiger charge is 2.35. The molecular weight excluding hydrogens is 404 g/mol. The summed E-state index contributed by atoms with van der Waals surface area (Å²) in [6.07, 6.45) is 1.78. The zero-order valence-corrected chi connectivity index (χ0v) is 19.2. The molecule has 0 spiro atoms. The normalized spacial score (nSPS) is 16.5. The van der Waals surface area contributed by atoms with Gasteiger partial charge in [-0.3, -0.25) is 19.4 Å². The zero-order chi connectivity index (χ0) is 22.7. The summed E-state index contributed by atoms with van der Waals surface area (Å²) in [4.78, 5) is 33.6. The van der Waals surface area contributed by atoms with E-state index in [4.69, 9.17) is 4.74 Å². The molecule has 7 heteroatoms. The lowest BCUT2D eigenvalue weighted by atomic mass is 10.1. The van der Waals surface area contributed by atoms with E-state index in [1.807, 2.05) is 49.3 Å². The fraction of sp³-hybridized carbons (Fsp3) is 0.440. The van der Waals surface area contributed by atoms with Crippen molar-refractivity contribution in [2.75, 3.05) is 70.3 Å². The number of nitrogens with zero attached hydrogens (tertiary/aromatic N) is 4. The van der Waals surface area contributed by atoms with Gasteiger partial charge in [0.1, 0.15) is 5.75 Å². The average molecular weight is 437 g/mol. The third-order valence-corrected chi connectivity index (χ3v) is 6.37. The number of hydrogen-bond acceptors (Lipinski definition) is 6. The molecule has 2 aliphatic rings. The van der Waals surface area contributed by atoms with Gasteiger partial charge in [0.2, 0.25) is 0 Å². The topological polar surface area (TPSA) is 56.3 Å². The third kappa shape index (κ3) is 4.43. The molecule has 2 heterocycles. The Hall–Kier alpha value is -3.06. The molecule has 170 valence electrons. The van der Waals surface area contributed by atoms with Crippen LogP contribution in [0.3, 0.4) is 0 Å². The molecule has 2 aliphatic heterocycles. The Morgan fingerprint density at radius 2 is 1.56 bits per heavy atom. The number of anilines is 2. The summed E-state index contributed by atoms with van der Waals surface area (Å²) < 4.78 is 5.50. The molecule has 2 aromatic carbocycles. The molecule has 0 aromatic heterocycles. The maximum Gasteiger partial charge on any atom is 0.261 e. The van der Waals surface area contributed by atoms with E-state index in [0.717, 1.165) is 62.7 Å². The molecule has 0 aliphatic carbocycles. The van der Waals surface area contributed by atoms with Gasteiger partial charge < -0.3 is 14.5 Å². The summed E-state index contributed by atoms with van der Waals surface area (Å²) in [7, 11) is 5.57. The van der Waals surface area contributed by atoms with Crippen molar-refractivity contribution in [3.05, 3.63) is 53.6 Å². The Morgan fingerprint density at radius 1 is 0.875 bits per heavy atom. The van der Waals surface area contributed by atoms with Crippen LogP contribution < -0.4 is 14.5 Å². The molecular formula is C25H32N4O3. The lowest BCUT2D eigenvalue weighted by Gasteiger charge is -2.36. The van der Waals surface area contributed by atoms with E-state index < -0.39 is 0 Å². The van der Waals surface area contributed by atoms with Gasteiger partial charge in [0.15, 0.2) is 0 Å². The Bertz CT molecular complexity index is 983. The standard InChI is InChI=1S/C25H32N4O3/c1-26(2)19-10-11-20-21(18-19)25(31)29(24(20)30)13-7-6-12-27-14-16-28(17-15-27)22-8-4-5-9-23(22)32-3/h4-5,8-11,18H,6-7,12-17H2,1-3H3. The number of amides is 2. The van der Waals surface area contributed by atoms with Gasteiger partial charge in [-0.15, -0.1) is 0 Å². The fourth-order valence-electron chi connectivity index (χ4n) is 4.47. The summed E-state index contributed by atoms with van der Waals surface area (Å²) in [6, 6.07) is 13.6. The van der Waals surface area contributed by atoms with Crippen molar-refractivity contribution >= 4 is 23.2 Å². The maximum absolute atomic E-state index is 12.8. The third-order valence-electron chi connectivity index (χ3n) is 6.37. The van der Waals surface area contributed by atoms with Crippen LogP contribution in [0, 0.1) is 0 Å². The Labute approximate surface area is 190 Å². The minimum atomic E-state index is -0.167. The van der Waals surface area contributed by atoms with E-state index in [9.17, 15) is 9.59 Å². The van der Waals surface area contributed by atoms with Crippen LogP contribution in [0.5, 0.6) is 5.75 Å². The number of rotatable bonds is 8. The molecule has 0 saturated carbocycles. The lowest BCUT2D eigenvalue weighted by Crippen LogP contribution is -2.46. The molecule has 32 heavy (non-hydrogen) atoms. The van der Waals surface area contributed by atoms with Crippen molar-refractivity contribution < 1.29 is 14.3 Å². The molecule has 0 N–H and O–H groups in total. The van der Waals surface area contributed by atoms with E-state index in [1.165, 1.54) is 4.90 Å². The van der Waals surface area contributed by atoms with Gasteiger partial charge in [0, 0.05) is 52.5 Å². The minimum Gasteiger partial charge on any atom is -0.495 e. The van der Waals surface area contributed by atoms with Crippen molar-refractivity contribution in [3.8, 4) is 5.75 Å². The highest BCUT2D eigenvalue weighted by Crippen LogP contribution is 2.29. The van der Waals surface area contributed by atoms with Crippen molar-refractivity contribution in [2.45, 2.75) is 12.8 Å². The number of ether oxygens (including phenoxy) is 1. The average Bonchev–Trinajstić information content (AvgIpc) is 3.06. The summed E-state index contributed by atoms with van der Waals surface area (Å²) >= 11 is 0. The molecule has 1 fully saturated rings. The van der Waals surface area contributed by atoms with Crippen molar-refractivity contribution in [3.63, 3.8) is 0 Å². The van der Waals surface area contributed by atoms with Crippen molar-refractivity contribution in [2.24, 2.45) is 0 Å². The number of carbonyl (C=O) groups excluding carboxylic acids is 2. The quantitative estimate of drug-likeness (QED) is 0.469. The molecule has 2 aromatic rings. The number of fused-ring (bicyclic) bond motifs is 1. The highest BCUT2D eigenvalue weighted by molar-refractivity contribution is 6.21. The van der Waals surface area contributed by atoms with Crippen molar-refractivity contribution in [1.29, 1.82) is 0 Å².